The molecule has 1 unspecified atom stereocenters. The van der Waals surface area contributed by atoms with Gasteiger partial charge in [-0.1, -0.05) is 13.0 Å². The third-order valence-corrected chi connectivity index (χ3v) is 2.92. The minimum atomic E-state index is -0.491. The number of benzene rings is 1. The van der Waals surface area contributed by atoms with Crippen LogP contribution in [0.3, 0.4) is 0 Å². The van der Waals surface area contributed by atoms with Gasteiger partial charge in [0.25, 0.3) is 0 Å². The average Bonchev–Trinajstić information content (AvgIpc) is 2.31. The number of amides is 2. The Kier molecular flexibility index (Phi) is 5.51. The van der Waals surface area contributed by atoms with Gasteiger partial charge in [0.15, 0.2) is 0 Å². The van der Waals surface area contributed by atoms with E-state index in [1.54, 1.807) is 25.1 Å². The van der Waals surface area contributed by atoms with Crippen molar-refractivity contribution in [3.63, 3.8) is 0 Å². The van der Waals surface area contributed by atoms with Gasteiger partial charge in [-0.3, -0.25) is 9.59 Å². The van der Waals surface area contributed by atoms with E-state index in [9.17, 15) is 9.59 Å². The van der Waals surface area contributed by atoms with Gasteiger partial charge < -0.3 is 16.4 Å². The van der Waals surface area contributed by atoms with Crippen LogP contribution in [-0.2, 0) is 4.79 Å². The lowest BCUT2D eigenvalue weighted by Crippen LogP contribution is -2.30. The van der Waals surface area contributed by atoms with E-state index in [2.05, 4.69) is 10.6 Å². The Morgan fingerprint density at radius 3 is 2.63 bits per heavy atom. The van der Waals surface area contributed by atoms with Crippen LogP contribution in [0.25, 0.3) is 0 Å². The Labute approximate surface area is 113 Å². The molecule has 5 nitrogen and oxygen atoms in total. The van der Waals surface area contributed by atoms with E-state index in [1.807, 2.05) is 13.8 Å². The third-order valence-electron chi connectivity index (χ3n) is 2.92. The lowest BCUT2D eigenvalue weighted by Gasteiger charge is -2.14. The molecule has 0 aliphatic rings. The number of carbonyl (C=O) groups is 2. The van der Waals surface area contributed by atoms with Crippen molar-refractivity contribution in [3.05, 3.63) is 29.3 Å². The average molecular weight is 263 g/mol. The van der Waals surface area contributed by atoms with Crippen molar-refractivity contribution in [3.8, 4) is 0 Å². The zero-order chi connectivity index (χ0) is 14.4. The molecule has 5 heteroatoms. The number of hydrogen-bond acceptors (Lipinski definition) is 3. The molecule has 1 rings (SSSR count). The van der Waals surface area contributed by atoms with E-state index in [4.69, 9.17) is 5.73 Å². The second kappa shape index (κ2) is 6.89. The van der Waals surface area contributed by atoms with Crippen LogP contribution in [0.15, 0.2) is 18.2 Å². The quantitative estimate of drug-likeness (QED) is 0.725. The predicted molar refractivity (Wildman–Crippen MR) is 76.1 cm³/mol. The lowest BCUT2D eigenvalue weighted by molar-refractivity contribution is -0.116. The number of primary amides is 1. The molecule has 0 aromatic heterocycles. The molecule has 0 heterocycles. The molecule has 1 aromatic rings. The number of carbonyl (C=O) groups excluding carboxylic acids is 2. The fourth-order valence-electron chi connectivity index (χ4n) is 1.94. The van der Waals surface area contributed by atoms with E-state index in [0.717, 1.165) is 6.54 Å². The Morgan fingerprint density at radius 2 is 2.05 bits per heavy atom. The normalized spacial score (nSPS) is 11.9. The second-order valence-corrected chi connectivity index (χ2v) is 4.55. The number of rotatable bonds is 6. The molecule has 0 saturated heterocycles. The summed E-state index contributed by atoms with van der Waals surface area (Å²) in [7, 11) is 0. The van der Waals surface area contributed by atoms with Crippen molar-refractivity contribution in [1.29, 1.82) is 0 Å². The van der Waals surface area contributed by atoms with Crippen LogP contribution in [-0.4, -0.2) is 24.4 Å². The van der Waals surface area contributed by atoms with Crippen molar-refractivity contribution in [2.24, 2.45) is 5.73 Å². The molecular formula is C14H21N3O2. The largest absolute Gasteiger partial charge is 0.366 e. The first-order valence-corrected chi connectivity index (χ1v) is 6.38. The molecule has 0 aliphatic carbocycles. The number of nitrogens with two attached hydrogens (primary N) is 1. The summed E-state index contributed by atoms with van der Waals surface area (Å²) >= 11 is 0. The van der Waals surface area contributed by atoms with Crippen LogP contribution in [0, 0.1) is 6.92 Å². The fraction of sp³-hybridized carbons (Fsp3) is 0.429. The van der Waals surface area contributed by atoms with Crippen LogP contribution in [0.2, 0.25) is 0 Å². The molecular weight excluding hydrogens is 242 g/mol. The van der Waals surface area contributed by atoms with Crippen molar-refractivity contribution in [1.82, 2.24) is 5.32 Å². The molecule has 104 valence electrons. The topological polar surface area (TPSA) is 84.2 Å². The van der Waals surface area contributed by atoms with Crippen LogP contribution in [0.4, 0.5) is 5.69 Å². The van der Waals surface area contributed by atoms with E-state index < -0.39 is 5.91 Å². The van der Waals surface area contributed by atoms with Gasteiger partial charge >= 0.3 is 0 Å². The van der Waals surface area contributed by atoms with Crippen molar-refractivity contribution >= 4 is 17.5 Å². The predicted octanol–water partition coefficient (Wildman–Crippen LogP) is 1.42. The summed E-state index contributed by atoms with van der Waals surface area (Å²) in [4.78, 5) is 23.1. The molecule has 0 bridgehead atoms. The summed E-state index contributed by atoms with van der Waals surface area (Å²) < 4.78 is 0. The van der Waals surface area contributed by atoms with Crippen molar-refractivity contribution in [2.45, 2.75) is 33.2 Å². The molecule has 0 saturated carbocycles. The summed E-state index contributed by atoms with van der Waals surface area (Å²) in [6.45, 7) is 6.54. The van der Waals surface area contributed by atoms with Gasteiger partial charge in [-0.2, -0.15) is 0 Å². The Hall–Kier alpha value is -1.88. The van der Waals surface area contributed by atoms with E-state index in [-0.39, 0.29) is 11.9 Å². The van der Waals surface area contributed by atoms with E-state index in [1.165, 1.54) is 0 Å². The summed E-state index contributed by atoms with van der Waals surface area (Å²) in [5.74, 6) is -0.576. The van der Waals surface area contributed by atoms with Crippen LogP contribution in [0.5, 0.6) is 0 Å². The Balaban J connectivity index is 2.75. The third kappa shape index (κ3) is 4.37. The Bertz CT molecular complexity index is 472. The van der Waals surface area contributed by atoms with Crippen LogP contribution in [0.1, 0.15) is 36.2 Å². The molecule has 0 spiro atoms. The summed E-state index contributed by atoms with van der Waals surface area (Å²) in [6.07, 6.45) is 0.383. The van der Waals surface area contributed by atoms with Crippen molar-refractivity contribution < 1.29 is 9.59 Å². The summed E-state index contributed by atoms with van der Waals surface area (Å²) in [6, 6.07) is 5.23. The Morgan fingerprint density at radius 1 is 1.37 bits per heavy atom. The number of hydrogen-bond donors (Lipinski definition) is 3. The molecule has 0 radical (unpaired) electrons. The zero-order valence-corrected chi connectivity index (χ0v) is 11.6. The second-order valence-electron chi connectivity index (χ2n) is 4.55. The fourth-order valence-corrected chi connectivity index (χ4v) is 1.94. The highest BCUT2D eigenvalue weighted by atomic mass is 16.2. The van der Waals surface area contributed by atoms with Gasteiger partial charge in [0.2, 0.25) is 11.8 Å². The molecule has 19 heavy (non-hydrogen) atoms. The molecule has 1 aromatic carbocycles. The SMILES string of the molecule is CCNC(C)CC(=O)Nc1cccc(C(N)=O)c1C. The number of nitrogens with one attached hydrogen (secondary N) is 2. The lowest BCUT2D eigenvalue weighted by atomic mass is 10.1. The monoisotopic (exact) mass is 263 g/mol. The maximum absolute atomic E-state index is 11.9. The van der Waals surface area contributed by atoms with Gasteiger partial charge in [-0.15, -0.1) is 0 Å². The minimum Gasteiger partial charge on any atom is -0.366 e. The standard InChI is InChI=1S/C14H21N3O2/c1-4-16-9(2)8-13(18)17-12-7-5-6-11(10(12)3)14(15)19/h5-7,9,16H,4,8H2,1-3H3,(H2,15,19)(H,17,18). The highest BCUT2D eigenvalue weighted by Crippen LogP contribution is 2.18. The molecule has 0 aliphatic heterocycles. The number of anilines is 1. The molecule has 0 fully saturated rings. The van der Waals surface area contributed by atoms with Gasteiger partial charge in [-0.05, 0) is 38.1 Å². The first kappa shape index (κ1) is 15.2. The van der Waals surface area contributed by atoms with Gasteiger partial charge in [0.05, 0.1) is 0 Å². The molecule has 1 atom stereocenters. The first-order chi connectivity index (χ1) is 8.95. The smallest absolute Gasteiger partial charge is 0.249 e. The maximum atomic E-state index is 11.9. The summed E-state index contributed by atoms with van der Waals surface area (Å²) in [5.41, 5.74) is 7.02. The highest BCUT2D eigenvalue weighted by Gasteiger charge is 2.12. The van der Waals surface area contributed by atoms with Gasteiger partial charge in [0, 0.05) is 23.7 Å². The van der Waals surface area contributed by atoms with Crippen LogP contribution >= 0.6 is 0 Å². The van der Waals surface area contributed by atoms with E-state index in [0.29, 0.717) is 23.2 Å². The van der Waals surface area contributed by atoms with E-state index >= 15 is 0 Å². The maximum Gasteiger partial charge on any atom is 0.249 e. The minimum absolute atomic E-state index is 0.0850. The summed E-state index contributed by atoms with van der Waals surface area (Å²) in [5, 5.41) is 5.98. The van der Waals surface area contributed by atoms with Crippen molar-refractivity contribution in [2.75, 3.05) is 11.9 Å². The molecule has 2 amide bonds. The highest BCUT2D eigenvalue weighted by molar-refractivity contribution is 5.98. The van der Waals surface area contributed by atoms with Gasteiger partial charge in [0.1, 0.15) is 0 Å². The van der Waals surface area contributed by atoms with Crippen LogP contribution < -0.4 is 16.4 Å². The zero-order valence-electron chi connectivity index (χ0n) is 11.6. The first-order valence-electron chi connectivity index (χ1n) is 6.38. The molecule has 4 N–H and O–H groups in total. The van der Waals surface area contributed by atoms with Gasteiger partial charge in [-0.25, -0.2) is 0 Å².